The van der Waals surface area contributed by atoms with E-state index in [9.17, 15) is 4.79 Å². The normalized spacial score (nSPS) is 10.1. The minimum atomic E-state index is -0.210. The van der Waals surface area contributed by atoms with E-state index < -0.39 is 0 Å². The molecular weight excluding hydrogens is 272 g/mol. The summed E-state index contributed by atoms with van der Waals surface area (Å²) in [6, 6.07) is 7.89. The van der Waals surface area contributed by atoms with E-state index in [0.29, 0.717) is 26.2 Å². The Kier molecular flexibility index (Phi) is 6.11. The van der Waals surface area contributed by atoms with Crippen LogP contribution in [0.25, 0.3) is 0 Å². The average Bonchev–Trinajstić information content (AvgIpc) is 2.27. The molecule has 0 aliphatic rings. The molecule has 0 atom stereocenters. The van der Waals surface area contributed by atoms with Crippen molar-refractivity contribution in [3.63, 3.8) is 0 Å². The summed E-state index contributed by atoms with van der Waals surface area (Å²) in [5.41, 5.74) is 1.09. The molecule has 0 aliphatic carbocycles. The van der Waals surface area contributed by atoms with Gasteiger partial charge in [-0.25, -0.2) is 0 Å². The van der Waals surface area contributed by atoms with Gasteiger partial charge in [0, 0.05) is 4.47 Å². The molecule has 0 bridgehead atoms. The summed E-state index contributed by atoms with van der Waals surface area (Å²) in [4.78, 5) is 11.0. The van der Waals surface area contributed by atoms with Gasteiger partial charge in [-0.3, -0.25) is 4.79 Å². The molecule has 0 aromatic heterocycles. The number of ether oxygens (including phenoxy) is 2. The van der Waals surface area contributed by atoms with Crippen LogP contribution in [0.1, 0.15) is 18.9 Å². The number of benzene rings is 1. The van der Waals surface area contributed by atoms with Crippen molar-refractivity contribution in [2.75, 3.05) is 13.2 Å². The first-order valence-corrected chi connectivity index (χ1v) is 5.99. The van der Waals surface area contributed by atoms with Crippen molar-refractivity contribution >= 4 is 21.9 Å². The minimum Gasteiger partial charge on any atom is -0.466 e. The third-order valence-corrected chi connectivity index (χ3v) is 2.47. The highest BCUT2D eigenvalue weighted by Crippen LogP contribution is 2.11. The van der Waals surface area contributed by atoms with Crippen LogP contribution in [-0.4, -0.2) is 19.2 Å². The number of hydrogen-bond acceptors (Lipinski definition) is 3. The summed E-state index contributed by atoms with van der Waals surface area (Å²) in [5, 5.41) is 0. The van der Waals surface area contributed by atoms with Gasteiger partial charge in [0.05, 0.1) is 26.2 Å². The minimum absolute atomic E-state index is 0.210. The summed E-state index contributed by atoms with van der Waals surface area (Å²) in [5.74, 6) is -0.210. The molecule has 0 heterocycles. The first-order chi connectivity index (χ1) is 7.72. The quantitative estimate of drug-likeness (QED) is 0.596. The monoisotopic (exact) mass is 286 g/mol. The first kappa shape index (κ1) is 13.2. The van der Waals surface area contributed by atoms with Gasteiger partial charge in [-0.2, -0.15) is 0 Å². The fourth-order valence-corrected chi connectivity index (χ4v) is 1.42. The van der Waals surface area contributed by atoms with Crippen molar-refractivity contribution in [3.05, 3.63) is 34.3 Å². The van der Waals surface area contributed by atoms with Crippen LogP contribution in [0, 0.1) is 0 Å². The molecule has 0 fully saturated rings. The topological polar surface area (TPSA) is 35.5 Å². The highest BCUT2D eigenvalue weighted by Gasteiger charge is 2.01. The highest BCUT2D eigenvalue weighted by atomic mass is 79.9. The maximum absolute atomic E-state index is 11.0. The Labute approximate surface area is 104 Å². The molecule has 0 radical (unpaired) electrons. The maximum atomic E-state index is 11.0. The fourth-order valence-electron chi connectivity index (χ4n) is 1.16. The van der Waals surface area contributed by atoms with Crippen LogP contribution >= 0.6 is 15.9 Å². The molecule has 1 rings (SSSR count). The number of esters is 1. The van der Waals surface area contributed by atoms with Crippen LogP contribution in [0.15, 0.2) is 28.7 Å². The maximum Gasteiger partial charge on any atom is 0.308 e. The third kappa shape index (κ3) is 5.28. The smallest absolute Gasteiger partial charge is 0.308 e. The van der Waals surface area contributed by atoms with Gasteiger partial charge >= 0.3 is 5.97 Å². The number of hydrogen-bond donors (Lipinski definition) is 0. The van der Waals surface area contributed by atoms with Gasteiger partial charge in [-0.1, -0.05) is 28.1 Å². The van der Waals surface area contributed by atoms with Crippen LogP contribution in [0.3, 0.4) is 0 Å². The Morgan fingerprint density at radius 1 is 1.31 bits per heavy atom. The van der Waals surface area contributed by atoms with Gasteiger partial charge < -0.3 is 9.47 Å². The summed E-state index contributed by atoms with van der Waals surface area (Å²) in [7, 11) is 0. The van der Waals surface area contributed by atoms with Crippen LogP contribution in [-0.2, 0) is 20.9 Å². The van der Waals surface area contributed by atoms with Crippen molar-refractivity contribution in [1.82, 2.24) is 0 Å². The number of halogens is 1. The molecule has 0 spiro atoms. The van der Waals surface area contributed by atoms with Gasteiger partial charge in [-0.15, -0.1) is 0 Å². The van der Waals surface area contributed by atoms with Crippen LogP contribution in [0.5, 0.6) is 0 Å². The van der Waals surface area contributed by atoms with Gasteiger partial charge in [-0.05, 0) is 24.6 Å². The molecule has 4 heteroatoms. The molecule has 0 unspecified atom stereocenters. The molecule has 0 N–H and O–H groups in total. The lowest BCUT2D eigenvalue weighted by molar-refractivity contribution is -0.144. The molecule has 0 aliphatic heterocycles. The van der Waals surface area contributed by atoms with Gasteiger partial charge in [0.1, 0.15) is 0 Å². The zero-order valence-corrected chi connectivity index (χ0v) is 10.8. The first-order valence-electron chi connectivity index (χ1n) is 5.20. The second kappa shape index (κ2) is 7.41. The molecule has 0 saturated carbocycles. The zero-order chi connectivity index (χ0) is 11.8. The summed E-state index contributed by atoms with van der Waals surface area (Å²) in [6.07, 6.45) is 0.310. The van der Waals surface area contributed by atoms with Gasteiger partial charge in [0.15, 0.2) is 0 Å². The lowest BCUT2D eigenvalue weighted by Gasteiger charge is -2.04. The molecule has 88 valence electrons. The Bertz CT molecular complexity index is 322. The molecular formula is C12H15BrO3. The SMILES string of the molecule is CCOC(=O)CCOCc1ccc(Br)cc1. The molecule has 16 heavy (non-hydrogen) atoms. The molecule has 3 nitrogen and oxygen atoms in total. The third-order valence-electron chi connectivity index (χ3n) is 1.94. The number of carbonyl (C=O) groups is 1. The Morgan fingerprint density at radius 2 is 2.00 bits per heavy atom. The Hall–Kier alpha value is -0.870. The van der Waals surface area contributed by atoms with E-state index in [1.165, 1.54) is 0 Å². The zero-order valence-electron chi connectivity index (χ0n) is 9.24. The van der Waals surface area contributed by atoms with E-state index in [0.717, 1.165) is 10.0 Å². The van der Waals surface area contributed by atoms with Crippen molar-refractivity contribution in [1.29, 1.82) is 0 Å². The van der Waals surface area contributed by atoms with E-state index >= 15 is 0 Å². The standard InChI is InChI=1S/C12H15BrO3/c1-2-16-12(14)7-8-15-9-10-3-5-11(13)6-4-10/h3-6H,2,7-9H2,1H3. The summed E-state index contributed by atoms with van der Waals surface area (Å²) in [6.45, 7) is 3.13. The van der Waals surface area contributed by atoms with Crippen LogP contribution < -0.4 is 0 Å². The molecule has 0 amide bonds. The lowest BCUT2D eigenvalue weighted by Crippen LogP contribution is -2.08. The second-order valence-corrected chi connectivity index (χ2v) is 4.15. The van der Waals surface area contributed by atoms with E-state index in [-0.39, 0.29) is 5.97 Å². The van der Waals surface area contributed by atoms with Crippen molar-refractivity contribution in [2.24, 2.45) is 0 Å². The molecule has 0 saturated heterocycles. The van der Waals surface area contributed by atoms with Crippen molar-refractivity contribution in [3.8, 4) is 0 Å². The van der Waals surface area contributed by atoms with E-state index in [4.69, 9.17) is 9.47 Å². The van der Waals surface area contributed by atoms with Crippen LogP contribution in [0.2, 0.25) is 0 Å². The highest BCUT2D eigenvalue weighted by molar-refractivity contribution is 9.10. The van der Waals surface area contributed by atoms with Crippen LogP contribution in [0.4, 0.5) is 0 Å². The fraction of sp³-hybridized carbons (Fsp3) is 0.417. The summed E-state index contributed by atoms with van der Waals surface area (Å²) < 4.78 is 11.2. The van der Waals surface area contributed by atoms with Crippen molar-refractivity contribution < 1.29 is 14.3 Å². The lowest BCUT2D eigenvalue weighted by atomic mass is 10.2. The van der Waals surface area contributed by atoms with Gasteiger partial charge in [0.25, 0.3) is 0 Å². The Balaban J connectivity index is 2.16. The summed E-state index contributed by atoms with van der Waals surface area (Å²) >= 11 is 3.36. The average molecular weight is 287 g/mol. The largest absolute Gasteiger partial charge is 0.466 e. The predicted molar refractivity (Wildman–Crippen MR) is 65.0 cm³/mol. The second-order valence-electron chi connectivity index (χ2n) is 3.23. The van der Waals surface area contributed by atoms with E-state index in [1.807, 2.05) is 24.3 Å². The van der Waals surface area contributed by atoms with E-state index in [2.05, 4.69) is 15.9 Å². The van der Waals surface area contributed by atoms with E-state index in [1.54, 1.807) is 6.92 Å². The number of rotatable bonds is 6. The molecule has 1 aromatic rings. The van der Waals surface area contributed by atoms with Crippen molar-refractivity contribution in [2.45, 2.75) is 20.0 Å². The molecule has 1 aromatic carbocycles. The predicted octanol–water partition coefficient (Wildman–Crippen LogP) is 2.92. The Morgan fingerprint density at radius 3 is 2.62 bits per heavy atom. The number of carbonyl (C=O) groups excluding carboxylic acids is 1. The van der Waals surface area contributed by atoms with Gasteiger partial charge in [0.2, 0.25) is 0 Å².